The summed E-state index contributed by atoms with van der Waals surface area (Å²) < 4.78 is 1.89. The van der Waals surface area contributed by atoms with Crippen LogP contribution in [-0.2, 0) is 12.8 Å². The number of thioether (sulfide) groups is 1. The van der Waals surface area contributed by atoms with Gasteiger partial charge in [0.1, 0.15) is 0 Å². The second-order valence-electron chi connectivity index (χ2n) is 6.18. The summed E-state index contributed by atoms with van der Waals surface area (Å²) in [6.07, 6.45) is 0. The van der Waals surface area contributed by atoms with Crippen LogP contribution in [0.25, 0.3) is 17.1 Å². The van der Waals surface area contributed by atoms with Gasteiger partial charge in [-0.15, -0.1) is 25.2 Å². The number of hydrogen-bond acceptors (Lipinski definition) is 7. The van der Waals surface area contributed by atoms with Crippen molar-refractivity contribution in [1.82, 2.24) is 35.0 Å². The van der Waals surface area contributed by atoms with Gasteiger partial charge in [-0.3, -0.25) is 0 Å². The molecule has 9 heteroatoms. The lowest BCUT2D eigenvalue weighted by molar-refractivity contribution is 0.718. The van der Waals surface area contributed by atoms with E-state index in [9.17, 15) is 0 Å². The van der Waals surface area contributed by atoms with Gasteiger partial charge in [0.15, 0.2) is 16.8 Å². The Labute approximate surface area is 165 Å². The highest BCUT2D eigenvalue weighted by Gasteiger charge is 2.13. The molecule has 2 aromatic carbocycles. The van der Waals surface area contributed by atoms with Crippen LogP contribution in [0.2, 0.25) is 0 Å². The molecule has 0 spiro atoms. The summed E-state index contributed by atoms with van der Waals surface area (Å²) in [5.74, 6) is 1.84. The highest BCUT2D eigenvalue weighted by molar-refractivity contribution is 7.98. The maximum Gasteiger partial charge on any atom is 0.191 e. The zero-order chi connectivity index (χ0) is 19.5. The summed E-state index contributed by atoms with van der Waals surface area (Å²) in [5.41, 5.74) is 3.45. The van der Waals surface area contributed by atoms with Crippen molar-refractivity contribution in [3.05, 3.63) is 65.5 Å². The van der Waals surface area contributed by atoms with E-state index >= 15 is 0 Å². The maximum atomic E-state index is 9.07. The van der Waals surface area contributed by atoms with Crippen molar-refractivity contribution < 1.29 is 0 Å². The molecule has 2 aromatic heterocycles. The lowest BCUT2D eigenvalue weighted by Crippen LogP contribution is -1.99. The molecule has 0 radical (unpaired) electrons. The topological polar surface area (TPSA) is 98.1 Å². The summed E-state index contributed by atoms with van der Waals surface area (Å²) in [6, 6.07) is 17.4. The van der Waals surface area contributed by atoms with E-state index in [1.165, 1.54) is 16.6 Å². The fourth-order valence-electron chi connectivity index (χ4n) is 2.71. The largest absolute Gasteiger partial charge is 0.305 e. The molecule has 28 heavy (non-hydrogen) atoms. The predicted octanol–water partition coefficient (Wildman–Crippen LogP) is 2.93. The summed E-state index contributed by atoms with van der Waals surface area (Å²) in [5, 5.41) is 31.0. The van der Waals surface area contributed by atoms with E-state index in [1.54, 1.807) is 12.1 Å². The molecule has 0 amide bonds. The third-order valence-corrected chi connectivity index (χ3v) is 5.12. The van der Waals surface area contributed by atoms with Gasteiger partial charge < -0.3 is 4.57 Å². The minimum Gasteiger partial charge on any atom is -0.305 e. The highest BCUT2D eigenvalue weighted by atomic mass is 32.2. The number of aromatic nitrogens is 7. The fraction of sp³-hybridized carbons (Fsp3) is 0.158. The quantitative estimate of drug-likeness (QED) is 0.485. The predicted molar refractivity (Wildman–Crippen MR) is 105 cm³/mol. The minimum atomic E-state index is 0.524. The molecule has 0 aliphatic rings. The van der Waals surface area contributed by atoms with E-state index in [0.717, 1.165) is 22.0 Å². The second kappa shape index (κ2) is 7.62. The Hall–Kier alpha value is -3.51. The zero-order valence-corrected chi connectivity index (χ0v) is 16.1. The van der Waals surface area contributed by atoms with E-state index in [0.29, 0.717) is 23.0 Å². The highest BCUT2D eigenvalue weighted by Crippen LogP contribution is 2.24. The van der Waals surface area contributed by atoms with Gasteiger partial charge in [-0.2, -0.15) is 5.26 Å². The van der Waals surface area contributed by atoms with Gasteiger partial charge in [0.25, 0.3) is 0 Å². The van der Waals surface area contributed by atoms with Crippen molar-refractivity contribution in [2.45, 2.75) is 17.8 Å². The Bertz CT molecular complexity index is 1170. The van der Waals surface area contributed by atoms with Crippen LogP contribution < -0.4 is 0 Å². The molecule has 2 heterocycles. The number of hydrogen-bond donors (Lipinski definition) is 0. The molecule has 0 fully saturated rings. The lowest BCUT2D eigenvalue weighted by atomic mass is 10.1. The monoisotopic (exact) mass is 388 g/mol. The molecule has 0 saturated carbocycles. The van der Waals surface area contributed by atoms with E-state index < -0.39 is 0 Å². The normalized spacial score (nSPS) is 10.8. The van der Waals surface area contributed by atoms with Crippen molar-refractivity contribution in [1.29, 1.82) is 5.26 Å². The maximum absolute atomic E-state index is 9.07. The molecule has 0 bridgehead atoms. The molecule has 4 aromatic rings. The van der Waals surface area contributed by atoms with Crippen molar-refractivity contribution in [2.75, 3.05) is 0 Å². The molecule has 0 atom stereocenters. The Morgan fingerprint density at radius 2 is 1.93 bits per heavy atom. The zero-order valence-electron chi connectivity index (χ0n) is 15.3. The average Bonchev–Trinajstić information content (AvgIpc) is 3.33. The van der Waals surface area contributed by atoms with Gasteiger partial charge in [-0.25, -0.2) is 0 Å². The van der Waals surface area contributed by atoms with Gasteiger partial charge in [-0.05, 0) is 42.0 Å². The number of tetrazole rings is 1. The van der Waals surface area contributed by atoms with Crippen LogP contribution in [-0.4, -0.2) is 35.0 Å². The summed E-state index contributed by atoms with van der Waals surface area (Å²) in [6.45, 7) is 2.02. The minimum absolute atomic E-state index is 0.524. The summed E-state index contributed by atoms with van der Waals surface area (Å²) in [4.78, 5) is 1.53. The fourth-order valence-corrected chi connectivity index (χ4v) is 3.46. The number of aryl methyl sites for hydroxylation is 1. The molecule has 138 valence electrons. The Kier molecular flexibility index (Phi) is 4.87. The molecule has 0 aliphatic heterocycles. The Balaban J connectivity index is 1.49. The molecule has 0 aliphatic carbocycles. The lowest BCUT2D eigenvalue weighted by Gasteiger charge is -2.03. The van der Waals surface area contributed by atoms with Crippen LogP contribution in [0, 0.1) is 18.3 Å². The number of rotatable bonds is 5. The molecule has 4 rings (SSSR count). The first kappa shape index (κ1) is 17.9. The average molecular weight is 388 g/mol. The van der Waals surface area contributed by atoms with E-state index in [2.05, 4.69) is 31.7 Å². The second-order valence-corrected chi connectivity index (χ2v) is 7.12. The third-order valence-electron chi connectivity index (χ3n) is 4.10. The van der Waals surface area contributed by atoms with Gasteiger partial charge >= 0.3 is 0 Å². The molecular weight excluding hydrogens is 372 g/mol. The molecule has 8 nitrogen and oxygen atoms in total. The molecule has 0 saturated heterocycles. The smallest absolute Gasteiger partial charge is 0.191 e. The first-order valence-corrected chi connectivity index (χ1v) is 9.51. The van der Waals surface area contributed by atoms with Crippen molar-refractivity contribution in [2.24, 2.45) is 7.05 Å². The SMILES string of the molecule is Cc1cccc(-n2nnc(CSc3nnc(-c4cccc(C#N)c4)n3C)n2)c1. The molecular formula is C19H16N8S. The van der Waals surface area contributed by atoms with Crippen molar-refractivity contribution in [3.8, 4) is 23.1 Å². The first-order valence-electron chi connectivity index (χ1n) is 8.53. The van der Waals surface area contributed by atoms with Crippen molar-refractivity contribution >= 4 is 11.8 Å². The third kappa shape index (κ3) is 3.63. The van der Waals surface area contributed by atoms with Crippen LogP contribution >= 0.6 is 11.8 Å². The number of benzene rings is 2. The summed E-state index contributed by atoms with van der Waals surface area (Å²) in [7, 11) is 1.90. The first-order chi connectivity index (χ1) is 13.6. The van der Waals surface area contributed by atoms with Crippen molar-refractivity contribution in [3.63, 3.8) is 0 Å². The van der Waals surface area contributed by atoms with Crippen LogP contribution in [0.1, 0.15) is 17.0 Å². The van der Waals surface area contributed by atoms with Crippen LogP contribution in [0.3, 0.4) is 0 Å². The van der Waals surface area contributed by atoms with Crippen LogP contribution in [0.5, 0.6) is 0 Å². The van der Waals surface area contributed by atoms with Gasteiger partial charge in [0.2, 0.25) is 0 Å². The van der Waals surface area contributed by atoms with Gasteiger partial charge in [0, 0.05) is 12.6 Å². The van der Waals surface area contributed by atoms with Crippen LogP contribution in [0.4, 0.5) is 0 Å². The standard InChI is InChI=1S/C19H16N8S/c1-13-5-3-8-16(9-13)27-24-17(21-25-27)12-28-19-23-22-18(26(19)2)15-7-4-6-14(10-15)11-20/h3-10H,12H2,1-2H3. The van der Waals surface area contributed by atoms with E-state index in [-0.39, 0.29) is 0 Å². The van der Waals surface area contributed by atoms with Gasteiger partial charge in [0.05, 0.1) is 23.1 Å². The van der Waals surface area contributed by atoms with Crippen LogP contribution in [0.15, 0.2) is 53.7 Å². The Morgan fingerprint density at radius 3 is 2.75 bits per heavy atom. The molecule has 0 unspecified atom stereocenters. The van der Waals surface area contributed by atoms with E-state index in [4.69, 9.17) is 5.26 Å². The number of nitrogens with zero attached hydrogens (tertiary/aromatic N) is 8. The van der Waals surface area contributed by atoms with Gasteiger partial charge in [-0.1, -0.05) is 36.0 Å². The number of nitriles is 1. The summed E-state index contributed by atoms with van der Waals surface area (Å²) >= 11 is 1.48. The molecule has 0 N–H and O–H groups in total. The Morgan fingerprint density at radius 1 is 1.07 bits per heavy atom. The van der Waals surface area contributed by atoms with E-state index in [1.807, 2.05) is 54.9 Å².